The van der Waals surface area contributed by atoms with Crippen LogP contribution < -0.4 is 11.5 Å². The van der Waals surface area contributed by atoms with Crippen molar-refractivity contribution in [3.63, 3.8) is 0 Å². The quantitative estimate of drug-likeness (QED) is 0.590. The second-order valence-electron chi connectivity index (χ2n) is 3.79. The Balaban J connectivity index is 3.75. The van der Waals surface area contributed by atoms with Crippen molar-refractivity contribution in [1.29, 1.82) is 0 Å². The van der Waals surface area contributed by atoms with Gasteiger partial charge in [0.1, 0.15) is 5.60 Å². The number of ether oxygens (including phenoxy) is 1. The van der Waals surface area contributed by atoms with Gasteiger partial charge in [-0.1, -0.05) is 0 Å². The predicted molar refractivity (Wildman–Crippen MR) is 47.5 cm³/mol. The molecule has 4 heteroatoms. The number of nitrogens with two attached hydrogens (primary N) is 2. The summed E-state index contributed by atoms with van der Waals surface area (Å²) < 4.78 is 5.04. The number of hydrogen-bond acceptors (Lipinski definition) is 4. The van der Waals surface area contributed by atoms with Crippen molar-refractivity contribution in [3.8, 4) is 0 Å². The fourth-order valence-electron chi connectivity index (χ4n) is 0.681. The molecule has 0 bridgehead atoms. The molecule has 0 rings (SSSR count). The van der Waals surface area contributed by atoms with Gasteiger partial charge >= 0.3 is 5.97 Å². The van der Waals surface area contributed by atoms with E-state index in [4.69, 9.17) is 16.2 Å². The van der Waals surface area contributed by atoms with Gasteiger partial charge in [-0.3, -0.25) is 4.79 Å². The van der Waals surface area contributed by atoms with Crippen LogP contribution >= 0.6 is 0 Å². The van der Waals surface area contributed by atoms with Crippen molar-refractivity contribution in [3.05, 3.63) is 0 Å². The van der Waals surface area contributed by atoms with Crippen LogP contribution in [0.1, 0.15) is 27.2 Å². The maximum Gasteiger partial charge on any atom is 0.307 e. The van der Waals surface area contributed by atoms with E-state index >= 15 is 0 Å². The smallest absolute Gasteiger partial charge is 0.307 e. The molecule has 0 aromatic heterocycles. The van der Waals surface area contributed by atoms with Gasteiger partial charge in [-0.25, -0.2) is 0 Å². The lowest BCUT2D eigenvalue weighted by molar-refractivity contribution is -0.155. The molecule has 0 aliphatic carbocycles. The summed E-state index contributed by atoms with van der Waals surface area (Å²) in [6.45, 7) is 5.76. The van der Waals surface area contributed by atoms with Gasteiger partial charge in [-0.2, -0.15) is 0 Å². The third kappa shape index (κ3) is 6.12. The van der Waals surface area contributed by atoms with Crippen LogP contribution in [0.5, 0.6) is 0 Å². The molecule has 0 amide bonds. The Labute approximate surface area is 73.2 Å². The third-order valence-corrected chi connectivity index (χ3v) is 1.15. The Morgan fingerprint density at radius 1 is 1.50 bits per heavy atom. The predicted octanol–water partition coefficient (Wildman–Crippen LogP) is 0.00420. The van der Waals surface area contributed by atoms with E-state index in [1.165, 1.54) is 0 Å². The van der Waals surface area contributed by atoms with Gasteiger partial charge in [0.2, 0.25) is 0 Å². The van der Waals surface area contributed by atoms with Crippen molar-refractivity contribution >= 4 is 5.97 Å². The largest absolute Gasteiger partial charge is 0.460 e. The minimum Gasteiger partial charge on any atom is -0.460 e. The first-order valence-electron chi connectivity index (χ1n) is 4.02. The maximum atomic E-state index is 11.1. The highest BCUT2D eigenvalue weighted by molar-refractivity contribution is 5.70. The number of carbonyl (C=O) groups is 1. The van der Waals surface area contributed by atoms with E-state index in [-0.39, 0.29) is 18.4 Å². The van der Waals surface area contributed by atoms with Crippen LogP contribution in [0.3, 0.4) is 0 Å². The first-order chi connectivity index (χ1) is 5.35. The molecule has 0 saturated carbocycles. The lowest BCUT2D eigenvalue weighted by atomic mass is 10.2. The fourth-order valence-corrected chi connectivity index (χ4v) is 0.681. The Bertz CT molecular complexity index is 152. The molecule has 0 fully saturated rings. The SMILES string of the molecule is CC(C)(C)OC(=O)CC(N)CN. The van der Waals surface area contributed by atoms with E-state index in [1.54, 1.807) is 0 Å². The van der Waals surface area contributed by atoms with Crippen LogP contribution in [-0.4, -0.2) is 24.2 Å². The highest BCUT2D eigenvalue weighted by atomic mass is 16.6. The van der Waals surface area contributed by atoms with Crippen LogP contribution in [-0.2, 0) is 9.53 Å². The molecule has 0 saturated heterocycles. The molecule has 12 heavy (non-hydrogen) atoms. The Morgan fingerprint density at radius 2 is 2.00 bits per heavy atom. The Hall–Kier alpha value is -0.610. The maximum absolute atomic E-state index is 11.1. The zero-order valence-electron chi connectivity index (χ0n) is 7.96. The van der Waals surface area contributed by atoms with E-state index in [0.29, 0.717) is 6.54 Å². The second-order valence-corrected chi connectivity index (χ2v) is 3.79. The first kappa shape index (κ1) is 11.4. The van der Waals surface area contributed by atoms with Gasteiger partial charge in [0.05, 0.1) is 6.42 Å². The molecule has 0 spiro atoms. The molecule has 0 radical (unpaired) electrons. The minimum atomic E-state index is -0.439. The van der Waals surface area contributed by atoms with Crippen molar-refractivity contribution in [2.75, 3.05) is 6.54 Å². The molecule has 0 aromatic carbocycles. The number of esters is 1. The molecule has 4 N–H and O–H groups in total. The van der Waals surface area contributed by atoms with Crippen molar-refractivity contribution in [2.24, 2.45) is 11.5 Å². The lowest BCUT2D eigenvalue weighted by Crippen LogP contribution is -2.34. The first-order valence-corrected chi connectivity index (χ1v) is 4.02. The molecule has 72 valence electrons. The van der Waals surface area contributed by atoms with E-state index in [9.17, 15) is 4.79 Å². The van der Waals surface area contributed by atoms with Crippen LogP contribution in [0.25, 0.3) is 0 Å². The molecule has 1 atom stereocenters. The van der Waals surface area contributed by atoms with Crippen molar-refractivity contribution < 1.29 is 9.53 Å². The highest BCUT2D eigenvalue weighted by Crippen LogP contribution is 2.08. The summed E-state index contributed by atoms with van der Waals surface area (Å²) >= 11 is 0. The zero-order chi connectivity index (χ0) is 9.78. The summed E-state index contributed by atoms with van der Waals surface area (Å²) in [5, 5.41) is 0. The van der Waals surface area contributed by atoms with E-state index in [2.05, 4.69) is 0 Å². The van der Waals surface area contributed by atoms with Crippen LogP contribution in [0.15, 0.2) is 0 Å². The van der Waals surface area contributed by atoms with Gasteiger partial charge in [-0.15, -0.1) is 0 Å². The third-order valence-electron chi connectivity index (χ3n) is 1.15. The number of rotatable bonds is 3. The highest BCUT2D eigenvalue weighted by Gasteiger charge is 2.17. The molecule has 1 unspecified atom stereocenters. The monoisotopic (exact) mass is 174 g/mol. The van der Waals surface area contributed by atoms with E-state index in [0.717, 1.165) is 0 Å². The molecular weight excluding hydrogens is 156 g/mol. The van der Waals surface area contributed by atoms with Gasteiger partial charge in [0, 0.05) is 12.6 Å². The summed E-state index contributed by atoms with van der Waals surface area (Å²) in [4.78, 5) is 11.1. The number of hydrogen-bond donors (Lipinski definition) is 2. The summed E-state index contributed by atoms with van der Waals surface area (Å²) in [6, 6.07) is -0.292. The normalized spacial score (nSPS) is 14.1. The molecule has 0 heterocycles. The molecule has 4 nitrogen and oxygen atoms in total. The fraction of sp³-hybridized carbons (Fsp3) is 0.875. The lowest BCUT2D eigenvalue weighted by Gasteiger charge is -2.20. The van der Waals surface area contributed by atoms with E-state index in [1.807, 2.05) is 20.8 Å². The molecule has 0 aliphatic heterocycles. The van der Waals surface area contributed by atoms with Gasteiger partial charge in [0.15, 0.2) is 0 Å². The Kier molecular flexibility index (Phi) is 4.20. The van der Waals surface area contributed by atoms with E-state index < -0.39 is 5.60 Å². The van der Waals surface area contributed by atoms with Gasteiger partial charge in [-0.05, 0) is 20.8 Å². The molecule has 0 aliphatic rings. The topological polar surface area (TPSA) is 78.3 Å². The zero-order valence-corrected chi connectivity index (χ0v) is 7.96. The summed E-state index contributed by atoms with van der Waals surface area (Å²) in [5.74, 6) is -0.291. The summed E-state index contributed by atoms with van der Waals surface area (Å²) in [6.07, 6.45) is 0.188. The van der Waals surface area contributed by atoms with Gasteiger partial charge in [0.25, 0.3) is 0 Å². The van der Waals surface area contributed by atoms with Crippen molar-refractivity contribution in [1.82, 2.24) is 0 Å². The van der Waals surface area contributed by atoms with Crippen LogP contribution in [0.4, 0.5) is 0 Å². The summed E-state index contributed by atoms with van der Waals surface area (Å²) in [5.41, 5.74) is 10.3. The molecule has 0 aromatic rings. The van der Waals surface area contributed by atoms with Crippen LogP contribution in [0.2, 0.25) is 0 Å². The minimum absolute atomic E-state index is 0.188. The summed E-state index contributed by atoms with van der Waals surface area (Å²) in [7, 11) is 0. The average Bonchev–Trinajstić information content (AvgIpc) is 1.82. The second kappa shape index (κ2) is 4.42. The Morgan fingerprint density at radius 3 is 2.33 bits per heavy atom. The number of carbonyl (C=O) groups excluding carboxylic acids is 1. The molecular formula is C8H18N2O2. The van der Waals surface area contributed by atoms with Gasteiger partial charge < -0.3 is 16.2 Å². The van der Waals surface area contributed by atoms with Crippen molar-refractivity contribution in [2.45, 2.75) is 38.8 Å². The van der Waals surface area contributed by atoms with Crippen LogP contribution in [0, 0.1) is 0 Å². The average molecular weight is 174 g/mol. The standard InChI is InChI=1S/C8H18N2O2/c1-8(2,3)12-7(11)4-6(10)5-9/h6H,4-5,9-10H2,1-3H3.